The molecule has 0 bridgehead atoms. The van der Waals surface area contributed by atoms with Gasteiger partial charge in [0.2, 0.25) is 11.9 Å². The Balaban J connectivity index is 0.00000167. The lowest BCUT2D eigenvalue weighted by molar-refractivity contribution is -0.134. The number of benzene rings is 2. The molecule has 6 heteroatoms. The third-order valence-corrected chi connectivity index (χ3v) is 6.87. The van der Waals surface area contributed by atoms with E-state index in [2.05, 4.69) is 28.3 Å². The molecule has 1 fully saturated rings. The molecular formula is C29H42N4O2. The zero-order valence-corrected chi connectivity index (χ0v) is 21.9. The van der Waals surface area contributed by atoms with E-state index in [9.17, 15) is 4.79 Å². The average Bonchev–Trinajstić information content (AvgIpc) is 3.22. The van der Waals surface area contributed by atoms with Crippen LogP contribution in [0.5, 0.6) is 11.5 Å². The van der Waals surface area contributed by atoms with Crippen molar-refractivity contribution in [2.45, 2.75) is 91.1 Å². The molecule has 3 aromatic rings. The van der Waals surface area contributed by atoms with Crippen LogP contribution in [0.4, 0.5) is 5.95 Å². The average molecular weight is 479 g/mol. The van der Waals surface area contributed by atoms with E-state index in [4.69, 9.17) is 10.5 Å². The van der Waals surface area contributed by atoms with Crippen molar-refractivity contribution in [2.75, 3.05) is 12.3 Å². The molecule has 2 N–H and O–H groups in total. The SMILES string of the molecule is CC.CCC(CCC(=O)N(CC)C1CCCCC1)n1c(N)nc2ccc(Oc3ccccc3)cc21. The lowest BCUT2D eigenvalue weighted by Crippen LogP contribution is -2.41. The Bertz CT molecular complexity index is 1060. The Morgan fingerprint density at radius 3 is 2.46 bits per heavy atom. The number of carbonyl (C=O) groups excluding carboxylic acids is 1. The lowest BCUT2D eigenvalue weighted by Gasteiger charge is -2.34. The number of aromatic nitrogens is 2. The minimum Gasteiger partial charge on any atom is -0.457 e. The number of hydrogen-bond acceptors (Lipinski definition) is 4. The van der Waals surface area contributed by atoms with Crippen LogP contribution >= 0.6 is 0 Å². The van der Waals surface area contributed by atoms with Gasteiger partial charge in [0.25, 0.3) is 0 Å². The van der Waals surface area contributed by atoms with Crippen molar-refractivity contribution in [1.29, 1.82) is 0 Å². The fourth-order valence-electron chi connectivity index (χ4n) is 5.14. The number of imidazole rings is 1. The fourth-order valence-corrected chi connectivity index (χ4v) is 5.14. The van der Waals surface area contributed by atoms with E-state index in [0.29, 0.717) is 18.4 Å². The molecule has 1 unspecified atom stereocenters. The van der Waals surface area contributed by atoms with Gasteiger partial charge in [-0.05, 0) is 56.9 Å². The van der Waals surface area contributed by atoms with E-state index in [1.165, 1.54) is 19.3 Å². The number of para-hydroxylation sites is 1. The van der Waals surface area contributed by atoms with E-state index >= 15 is 0 Å². The predicted octanol–water partition coefficient (Wildman–Crippen LogP) is 7.35. The molecule has 0 saturated heterocycles. The molecule has 1 heterocycles. The third kappa shape index (κ3) is 6.56. The van der Waals surface area contributed by atoms with Gasteiger partial charge in [-0.3, -0.25) is 4.79 Å². The highest BCUT2D eigenvalue weighted by Gasteiger charge is 2.25. The second kappa shape index (κ2) is 13.2. The number of nitrogen functional groups attached to an aromatic ring is 1. The summed E-state index contributed by atoms with van der Waals surface area (Å²) in [6, 6.07) is 16.1. The van der Waals surface area contributed by atoms with Gasteiger partial charge >= 0.3 is 0 Å². The van der Waals surface area contributed by atoms with Gasteiger partial charge in [0, 0.05) is 31.1 Å². The standard InChI is InChI=1S/C27H36N4O2.C2H6/c1-3-20(15-18-26(32)30(4-2)21-11-7-5-8-12-21)31-25-19-23(16-17-24(25)29-27(31)28)33-22-13-9-6-10-14-22;1-2/h6,9-10,13-14,16-17,19-21H,3-5,7-8,11-12,15,18H2,1-2H3,(H2,28,29);1-2H3. The molecule has 1 amide bonds. The van der Waals surface area contributed by atoms with Crippen molar-refractivity contribution < 1.29 is 9.53 Å². The lowest BCUT2D eigenvalue weighted by atomic mass is 9.93. The van der Waals surface area contributed by atoms with Gasteiger partial charge in [-0.1, -0.05) is 58.2 Å². The molecule has 0 radical (unpaired) electrons. The van der Waals surface area contributed by atoms with Crippen LogP contribution in [0.25, 0.3) is 11.0 Å². The van der Waals surface area contributed by atoms with Crippen LogP contribution in [0.15, 0.2) is 48.5 Å². The van der Waals surface area contributed by atoms with Crippen molar-refractivity contribution in [2.24, 2.45) is 0 Å². The first-order valence-corrected chi connectivity index (χ1v) is 13.4. The molecular weight excluding hydrogens is 436 g/mol. The summed E-state index contributed by atoms with van der Waals surface area (Å²) in [7, 11) is 0. The van der Waals surface area contributed by atoms with Crippen LogP contribution in [0.3, 0.4) is 0 Å². The molecule has 4 rings (SSSR count). The van der Waals surface area contributed by atoms with Crippen LogP contribution < -0.4 is 10.5 Å². The van der Waals surface area contributed by atoms with Gasteiger partial charge in [-0.25, -0.2) is 4.98 Å². The largest absolute Gasteiger partial charge is 0.457 e. The minimum atomic E-state index is 0.107. The number of amides is 1. The Morgan fingerprint density at radius 2 is 1.80 bits per heavy atom. The second-order valence-corrected chi connectivity index (χ2v) is 8.98. The molecule has 0 spiro atoms. The predicted molar refractivity (Wildman–Crippen MR) is 145 cm³/mol. The summed E-state index contributed by atoms with van der Waals surface area (Å²) in [5.41, 5.74) is 8.14. The number of nitrogens with two attached hydrogens (primary N) is 1. The summed E-state index contributed by atoms with van der Waals surface area (Å²) in [5.74, 6) is 2.28. The number of nitrogens with zero attached hydrogens (tertiary/aromatic N) is 3. The maximum Gasteiger partial charge on any atom is 0.222 e. The highest BCUT2D eigenvalue weighted by atomic mass is 16.5. The molecule has 1 atom stereocenters. The number of fused-ring (bicyclic) bond motifs is 1. The molecule has 6 nitrogen and oxygen atoms in total. The first-order chi connectivity index (χ1) is 17.1. The van der Waals surface area contributed by atoms with E-state index < -0.39 is 0 Å². The highest BCUT2D eigenvalue weighted by molar-refractivity contribution is 5.80. The Kier molecular flexibility index (Phi) is 10.0. The minimum absolute atomic E-state index is 0.107. The normalized spacial score (nSPS) is 14.7. The summed E-state index contributed by atoms with van der Waals surface area (Å²) in [4.78, 5) is 19.8. The van der Waals surface area contributed by atoms with Crippen molar-refractivity contribution in [3.05, 3.63) is 48.5 Å². The molecule has 1 saturated carbocycles. The highest BCUT2D eigenvalue weighted by Crippen LogP contribution is 2.32. The van der Waals surface area contributed by atoms with Gasteiger partial charge in [-0.2, -0.15) is 0 Å². The summed E-state index contributed by atoms with van der Waals surface area (Å²) >= 11 is 0. The van der Waals surface area contributed by atoms with Gasteiger partial charge in [0.15, 0.2) is 0 Å². The van der Waals surface area contributed by atoms with E-state index in [-0.39, 0.29) is 11.9 Å². The summed E-state index contributed by atoms with van der Waals surface area (Å²) < 4.78 is 8.11. The van der Waals surface area contributed by atoms with Crippen LogP contribution in [0, 0.1) is 0 Å². The molecule has 2 aromatic carbocycles. The van der Waals surface area contributed by atoms with Crippen LogP contribution in [0.1, 0.15) is 85.1 Å². The molecule has 1 aliphatic rings. The third-order valence-electron chi connectivity index (χ3n) is 6.87. The number of rotatable bonds is 9. The maximum absolute atomic E-state index is 13.1. The van der Waals surface area contributed by atoms with Gasteiger partial charge in [0.1, 0.15) is 11.5 Å². The van der Waals surface area contributed by atoms with Crippen LogP contribution in [0.2, 0.25) is 0 Å². The summed E-state index contributed by atoms with van der Waals surface area (Å²) in [6.07, 6.45) is 8.19. The molecule has 1 aromatic heterocycles. The first kappa shape index (κ1) is 26.6. The summed E-state index contributed by atoms with van der Waals surface area (Å²) in [6.45, 7) is 9.03. The summed E-state index contributed by atoms with van der Waals surface area (Å²) in [5, 5.41) is 0. The van der Waals surface area contributed by atoms with Crippen LogP contribution in [-0.2, 0) is 4.79 Å². The van der Waals surface area contributed by atoms with E-state index in [0.717, 1.165) is 54.8 Å². The second-order valence-electron chi connectivity index (χ2n) is 8.98. The number of anilines is 1. The monoisotopic (exact) mass is 478 g/mol. The number of ether oxygens (including phenoxy) is 1. The van der Waals surface area contributed by atoms with Crippen molar-refractivity contribution in [1.82, 2.24) is 14.5 Å². The first-order valence-electron chi connectivity index (χ1n) is 13.4. The number of hydrogen-bond donors (Lipinski definition) is 1. The topological polar surface area (TPSA) is 73.4 Å². The quantitative estimate of drug-likeness (QED) is 0.349. The van der Waals surface area contributed by atoms with Gasteiger partial charge in [0.05, 0.1) is 11.0 Å². The molecule has 0 aliphatic heterocycles. The van der Waals surface area contributed by atoms with Crippen LogP contribution in [-0.4, -0.2) is 32.9 Å². The van der Waals surface area contributed by atoms with Crippen molar-refractivity contribution in [3.63, 3.8) is 0 Å². The maximum atomic E-state index is 13.1. The zero-order chi connectivity index (χ0) is 25.2. The Labute approximate surface area is 210 Å². The Hall–Kier alpha value is -3.02. The van der Waals surface area contributed by atoms with Crippen molar-refractivity contribution in [3.8, 4) is 11.5 Å². The zero-order valence-electron chi connectivity index (χ0n) is 21.9. The van der Waals surface area contributed by atoms with Crippen molar-refractivity contribution >= 4 is 22.9 Å². The van der Waals surface area contributed by atoms with Gasteiger partial charge < -0.3 is 19.9 Å². The number of carbonyl (C=O) groups is 1. The fraction of sp³-hybridized carbons (Fsp3) is 0.517. The molecule has 190 valence electrons. The molecule has 35 heavy (non-hydrogen) atoms. The van der Waals surface area contributed by atoms with Gasteiger partial charge in [-0.15, -0.1) is 0 Å². The van der Waals surface area contributed by atoms with E-state index in [1.807, 2.05) is 62.4 Å². The smallest absolute Gasteiger partial charge is 0.222 e. The Morgan fingerprint density at radius 1 is 1.09 bits per heavy atom. The molecule has 1 aliphatic carbocycles. The van der Waals surface area contributed by atoms with E-state index in [1.54, 1.807) is 0 Å².